The highest BCUT2D eigenvalue weighted by atomic mass is 32.2. The number of ether oxygens (including phenoxy) is 1. The van der Waals surface area contributed by atoms with Crippen LogP contribution in [0.1, 0.15) is 45.1 Å². The average Bonchev–Trinajstić information content (AvgIpc) is 2.88. The van der Waals surface area contributed by atoms with Crippen LogP contribution >= 0.6 is 0 Å². The van der Waals surface area contributed by atoms with E-state index < -0.39 is 40.1 Å². The van der Waals surface area contributed by atoms with Crippen LogP contribution in [0, 0.1) is 5.92 Å². The molecule has 0 unspecified atom stereocenters. The number of hydrogen-bond donors (Lipinski definition) is 1. The van der Waals surface area contributed by atoms with E-state index in [1.807, 2.05) is 44.2 Å². The average molecular weight is 551 g/mol. The number of nitrogens with one attached hydrogen (secondary N) is 1. The first kappa shape index (κ1) is 28.3. The maximum atomic E-state index is 13.8. The van der Waals surface area contributed by atoms with E-state index in [-0.39, 0.29) is 43.2 Å². The van der Waals surface area contributed by atoms with Crippen LogP contribution in [-0.4, -0.2) is 97.2 Å². The summed E-state index contributed by atoms with van der Waals surface area (Å²) in [6.45, 7) is 5.43. The first-order chi connectivity index (χ1) is 18.0. The Hall–Kier alpha value is -2.70. The Morgan fingerprint density at radius 2 is 1.82 bits per heavy atom. The van der Waals surface area contributed by atoms with Crippen molar-refractivity contribution in [3.8, 4) is 0 Å². The van der Waals surface area contributed by atoms with Gasteiger partial charge in [-0.25, -0.2) is 13.2 Å². The molecule has 3 aliphatic rings. The number of sulfone groups is 1. The van der Waals surface area contributed by atoms with Crippen molar-refractivity contribution in [2.45, 2.75) is 70.5 Å². The molecule has 0 aliphatic carbocycles. The lowest BCUT2D eigenvalue weighted by Crippen LogP contribution is -2.74. The van der Waals surface area contributed by atoms with Crippen LogP contribution in [0.3, 0.4) is 0 Å². The summed E-state index contributed by atoms with van der Waals surface area (Å²) < 4.78 is 29.7. The van der Waals surface area contributed by atoms with E-state index in [2.05, 4.69) is 5.32 Å². The van der Waals surface area contributed by atoms with Gasteiger partial charge in [0, 0.05) is 12.3 Å². The van der Waals surface area contributed by atoms with Crippen molar-refractivity contribution in [2.24, 2.45) is 5.92 Å². The molecule has 1 N–H and O–H groups in total. The number of piperidine rings is 1. The number of fused-ring (bicyclic) bond motifs is 1. The quantitative estimate of drug-likeness (QED) is 0.517. The lowest BCUT2D eigenvalue weighted by Gasteiger charge is -2.54. The molecule has 3 atom stereocenters. The van der Waals surface area contributed by atoms with Gasteiger partial charge in [-0.05, 0) is 50.3 Å². The van der Waals surface area contributed by atoms with Crippen LogP contribution in [0.5, 0.6) is 0 Å². The molecule has 0 saturated carbocycles. The van der Waals surface area contributed by atoms with Crippen molar-refractivity contribution in [1.82, 2.24) is 20.2 Å². The fourth-order valence-corrected chi connectivity index (χ4v) is 5.98. The van der Waals surface area contributed by atoms with Gasteiger partial charge in [-0.15, -0.1) is 0 Å². The van der Waals surface area contributed by atoms with Gasteiger partial charge in [0.1, 0.15) is 22.5 Å². The van der Waals surface area contributed by atoms with Gasteiger partial charge in [-0.2, -0.15) is 5.06 Å². The van der Waals surface area contributed by atoms with Crippen molar-refractivity contribution in [1.29, 1.82) is 0 Å². The minimum atomic E-state index is -3.40. The van der Waals surface area contributed by atoms with E-state index in [0.717, 1.165) is 42.8 Å². The number of rotatable bonds is 8. The molecular weight excluding hydrogens is 512 g/mol. The Balaban J connectivity index is 1.66. The van der Waals surface area contributed by atoms with E-state index >= 15 is 0 Å². The highest BCUT2D eigenvalue weighted by Gasteiger charge is 2.54. The Morgan fingerprint density at radius 3 is 2.45 bits per heavy atom. The molecule has 12 heteroatoms. The topological polar surface area (TPSA) is 126 Å². The van der Waals surface area contributed by atoms with E-state index in [9.17, 15) is 22.8 Å². The maximum Gasteiger partial charge on any atom is 0.436 e. The van der Waals surface area contributed by atoms with Crippen LogP contribution in [0.15, 0.2) is 30.3 Å². The second-order valence-electron chi connectivity index (χ2n) is 10.7. The molecule has 3 fully saturated rings. The van der Waals surface area contributed by atoms with Crippen LogP contribution in [0.25, 0.3) is 0 Å². The third-order valence-corrected chi connectivity index (χ3v) is 8.19. The third kappa shape index (κ3) is 6.65. The predicted octanol–water partition coefficient (Wildman–Crippen LogP) is 1.54. The van der Waals surface area contributed by atoms with Gasteiger partial charge in [0.15, 0.2) is 12.3 Å². The van der Waals surface area contributed by atoms with Crippen molar-refractivity contribution in [3.05, 3.63) is 35.9 Å². The summed E-state index contributed by atoms with van der Waals surface area (Å²) in [5.74, 6) is -0.877. The molecular formula is C26H38N4O7S. The Bertz CT molecular complexity index is 1110. The smallest absolute Gasteiger partial charge is 0.436 e. The molecule has 0 aromatic heterocycles. The predicted molar refractivity (Wildman–Crippen MR) is 139 cm³/mol. The molecule has 0 bridgehead atoms. The number of carbonyl (C=O) groups excluding carboxylic acids is 3. The Morgan fingerprint density at radius 1 is 1.13 bits per heavy atom. The molecule has 1 aromatic carbocycles. The fraction of sp³-hybridized carbons (Fsp3) is 0.654. The summed E-state index contributed by atoms with van der Waals surface area (Å²) in [4.78, 5) is 50.0. The number of nitrogens with zero attached hydrogens (tertiary/aromatic N) is 3. The first-order valence-corrected chi connectivity index (χ1v) is 15.3. The number of hydrogen-bond acceptors (Lipinski definition) is 8. The SMILES string of the molecule is CC(C)C[C@H]1ON(C(=O)OCc2ccccc2)[C@H]2CN(C3CCNCC3)C(=O)[C@H](CCS(C)(=O)=O)N2C1=O. The van der Waals surface area contributed by atoms with Crippen LogP contribution in [-0.2, 0) is 35.6 Å². The van der Waals surface area contributed by atoms with Gasteiger partial charge >= 0.3 is 6.09 Å². The van der Waals surface area contributed by atoms with Gasteiger partial charge in [0.2, 0.25) is 5.91 Å². The summed E-state index contributed by atoms with van der Waals surface area (Å²) >= 11 is 0. The maximum absolute atomic E-state index is 13.8. The zero-order valence-electron chi connectivity index (χ0n) is 22.2. The lowest BCUT2D eigenvalue weighted by atomic mass is 9.96. The van der Waals surface area contributed by atoms with E-state index in [1.54, 1.807) is 4.90 Å². The first-order valence-electron chi connectivity index (χ1n) is 13.2. The Kier molecular flexibility index (Phi) is 8.94. The molecule has 0 radical (unpaired) electrons. The molecule has 3 aliphatic heterocycles. The minimum Gasteiger partial charge on any atom is -0.443 e. The van der Waals surface area contributed by atoms with Gasteiger partial charge in [-0.1, -0.05) is 44.2 Å². The van der Waals surface area contributed by atoms with E-state index in [4.69, 9.17) is 9.57 Å². The molecule has 38 heavy (non-hydrogen) atoms. The van der Waals surface area contributed by atoms with Crippen molar-refractivity contribution >= 4 is 27.7 Å². The summed E-state index contributed by atoms with van der Waals surface area (Å²) in [5, 5.41) is 4.37. The van der Waals surface area contributed by atoms with Crippen LogP contribution in [0.4, 0.5) is 4.79 Å². The largest absolute Gasteiger partial charge is 0.443 e. The number of hydroxylamine groups is 2. The summed E-state index contributed by atoms with van der Waals surface area (Å²) in [7, 11) is -3.40. The number of amides is 3. The van der Waals surface area contributed by atoms with Gasteiger partial charge in [0.05, 0.1) is 12.3 Å². The molecule has 3 saturated heterocycles. The zero-order valence-corrected chi connectivity index (χ0v) is 23.1. The molecule has 3 amide bonds. The van der Waals surface area contributed by atoms with Crippen LogP contribution in [0.2, 0.25) is 0 Å². The molecule has 3 heterocycles. The van der Waals surface area contributed by atoms with Crippen molar-refractivity contribution in [2.75, 3.05) is 31.6 Å². The number of benzene rings is 1. The normalized spacial score (nSPS) is 25.1. The van der Waals surface area contributed by atoms with Gasteiger partial charge < -0.3 is 19.9 Å². The van der Waals surface area contributed by atoms with E-state index in [0.29, 0.717) is 6.42 Å². The monoisotopic (exact) mass is 550 g/mol. The molecule has 4 rings (SSSR count). The second kappa shape index (κ2) is 12.0. The molecule has 0 spiro atoms. The highest BCUT2D eigenvalue weighted by Crippen LogP contribution is 2.33. The van der Waals surface area contributed by atoms with Crippen molar-refractivity contribution in [3.63, 3.8) is 0 Å². The lowest BCUT2D eigenvalue weighted by molar-refractivity contribution is -0.270. The summed E-state index contributed by atoms with van der Waals surface area (Å²) in [5.41, 5.74) is 0.797. The number of piperazine rings is 1. The Labute approximate surface area is 224 Å². The van der Waals surface area contributed by atoms with Gasteiger partial charge in [0.25, 0.3) is 5.91 Å². The highest BCUT2D eigenvalue weighted by molar-refractivity contribution is 7.90. The fourth-order valence-electron chi connectivity index (χ4n) is 5.33. The molecule has 11 nitrogen and oxygen atoms in total. The van der Waals surface area contributed by atoms with Gasteiger partial charge in [-0.3, -0.25) is 14.4 Å². The minimum absolute atomic E-state index is 0.0174. The molecule has 210 valence electrons. The number of carbonyl (C=O) groups is 3. The van der Waals surface area contributed by atoms with Crippen molar-refractivity contribution < 1.29 is 32.4 Å². The van der Waals surface area contributed by atoms with Crippen LogP contribution < -0.4 is 5.32 Å². The molecule has 1 aromatic rings. The summed E-state index contributed by atoms with van der Waals surface area (Å²) in [6, 6.07) is 8.11. The summed E-state index contributed by atoms with van der Waals surface area (Å²) in [6.07, 6.45) is 0.157. The second-order valence-corrected chi connectivity index (χ2v) is 13.0. The third-order valence-electron chi connectivity index (χ3n) is 7.21. The standard InChI is InChI=1S/C26H38N4O7S/c1-18(2)15-22-25(32)29-21(11-14-38(3,34)35)24(31)28(20-9-12-27-13-10-20)16-23(29)30(37-22)26(33)36-17-19-7-5-4-6-8-19/h4-8,18,20-23,27H,9-17H2,1-3H3/t21-,22+,23-/m0/s1. The zero-order chi connectivity index (χ0) is 27.4. The van der Waals surface area contributed by atoms with E-state index in [1.165, 1.54) is 4.90 Å².